The topological polar surface area (TPSA) is 112 Å². The van der Waals surface area contributed by atoms with Gasteiger partial charge < -0.3 is 9.84 Å². The first-order chi connectivity index (χ1) is 16.5. The van der Waals surface area contributed by atoms with Gasteiger partial charge in [0.05, 0.1) is 0 Å². The van der Waals surface area contributed by atoms with E-state index in [0.29, 0.717) is 58.1 Å². The zero-order valence-corrected chi connectivity index (χ0v) is 19.2. The van der Waals surface area contributed by atoms with E-state index in [4.69, 9.17) is 16.1 Å². The number of benzene rings is 1. The number of nitrogens with one attached hydrogen (secondary N) is 1. The van der Waals surface area contributed by atoms with Crippen molar-refractivity contribution in [2.75, 3.05) is 5.32 Å². The van der Waals surface area contributed by atoms with E-state index in [1.165, 1.54) is 0 Å². The Morgan fingerprint density at radius 1 is 1.12 bits per heavy atom. The van der Waals surface area contributed by atoms with Gasteiger partial charge in [-0.2, -0.15) is 9.97 Å². The maximum atomic E-state index is 13.4. The number of fused-ring (bicyclic) bond motifs is 1. The highest BCUT2D eigenvalue weighted by molar-refractivity contribution is 6.33. The molecule has 0 unspecified atom stereocenters. The SMILES string of the molecule is CCn1c(=O)c(-c2ccc(-c3noc(C)n3)cc2Cl)cc2cnc(NCc3cccnc3)nc21. The van der Waals surface area contributed by atoms with Gasteiger partial charge in [-0.05, 0) is 30.7 Å². The minimum absolute atomic E-state index is 0.183. The lowest BCUT2D eigenvalue weighted by molar-refractivity contribution is 0.394. The molecule has 9 nitrogen and oxygen atoms in total. The molecule has 5 aromatic rings. The van der Waals surface area contributed by atoms with Gasteiger partial charge in [0.1, 0.15) is 5.65 Å². The second-order valence-electron chi connectivity index (χ2n) is 7.63. The van der Waals surface area contributed by atoms with E-state index >= 15 is 0 Å². The summed E-state index contributed by atoms with van der Waals surface area (Å²) in [6.07, 6.45) is 5.20. The Kier molecular flexibility index (Phi) is 5.77. The number of aryl methyl sites for hydroxylation is 2. The molecular weight excluding hydrogens is 454 g/mol. The zero-order valence-electron chi connectivity index (χ0n) is 18.5. The molecule has 0 atom stereocenters. The van der Waals surface area contributed by atoms with E-state index in [9.17, 15) is 4.79 Å². The number of pyridine rings is 2. The van der Waals surface area contributed by atoms with Crippen molar-refractivity contribution in [1.82, 2.24) is 29.7 Å². The smallest absolute Gasteiger partial charge is 0.260 e. The van der Waals surface area contributed by atoms with Crippen LogP contribution in [0.25, 0.3) is 33.5 Å². The zero-order chi connectivity index (χ0) is 23.7. The van der Waals surface area contributed by atoms with E-state index in [1.807, 2.05) is 25.1 Å². The molecule has 0 saturated heterocycles. The van der Waals surface area contributed by atoms with E-state index in [0.717, 1.165) is 10.9 Å². The van der Waals surface area contributed by atoms with Gasteiger partial charge in [0, 0.05) is 65.7 Å². The van der Waals surface area contributed by atoms with Gasteiger partial charge >= 0.3 is 0 Å². The van der Waals surface area contributed by atoms with Crippen LogP contribution in [0.15, 0.2) is 64.3 Å². The van der Waals surface area contributed by atoms with E-state index in [-0.39, 0.29) is 5.56 Å². The van der Waals surface area contributed by atoms with Crippen LogP contribution in [0.5, 0.6) is 0 Å². The van der Waals surface area contributed by atoms with Crippen LogP contribution in [0.1, 0.15) is 18.4 Å². The molecule has 0 bridgehead atoms. The summed E-state index contributed by atoms with van der Waals surface area (Å²) < 4.78 is 6.66. The number of hydrogen-bond donors (Lipinski definition) is 1. The summed E-state index contributed by atoms with van der Waals surface area (Å²) in [5.41, 5.74) is 3.15. The predicted molar refractivity (Wildman–Crippen MR) is 130 cm³/mol. The fourth-order valence-electron chi connectivity index (χ4n) is 3.70. The summed E-state index contributed by atoms with van der Waals surface area (Å²) in [5, 5.41) is 8.25. The minimum atomic E-state index is -0.183. The number of aromatic nitrogens is 6. The van der Waals surface area contributed by atoms with Gasteiger partial charge in [0.2, 0.25) is 17.7 Å². The molecule has 0 aliphatic carbocycles. The number of nitrogens with zero attached hydrogens (tertiary/aromatic N) is 6. The number of hydrogen-bond acceptors (Lipinski definition) is 8. The number of anilines is 1. The van der Waals surface area contributed by atoms with Crippen LogP contribution in [-0.4, -0.2) is 29.7 Å². The third kappa shape index (κ3) is 4.13. The summed E-state index contributed by atoms with van der Waals surface area (Å²) >= 11 is 6.58. The average molecular weight is 474 g/mol. The van der Waals surface area contributed by atoms with Gasteiger partial charge in [0.15, 0.2) is 0 Å². The van der Waals surface area contributed by atoms with Crippen LogP contribution in [-0.2, 0) is 13.1 Å². The largest absolute Gasteiger partial charge is 0.350 e. The van der Waals surface area contributed by atoms with Crippen molar-refractivity contribution in [3.05, 3.63) is 81.8 Å². The van der Waals surface area contributed by atoms with Crippen molar-refractivity contribution >= 4 is 28.6 Å². The van der Waals surface area contributed by atoms with Crippen molar-refractivity contribution < 1.29 is 4.52 Å². The summed E-state index contributed by atoms with van der Waals surface area (Å²) in [6.45, 7) is 4.59. The quantitative estimate of drug-likeness (QED) is 0.383. The molecule has 0 fully saturated rings. The fourth-order valence-corrected chi connectivity index (χ4v) is 3.99. The molecule has 0 spiro atoms. The maximum absolute atomic E-state index is 13.4. The maximum Gasteiger partial charge on any atom is 0.260 e. The van der Waals surface area contributed by atoms with Crippen LogP contribution in [0.4, 0.5) is 5.95 Å². The van der Waals surface area contributed by atoms with Crippen molar-refractivity contribution in [2.45, 2.75) is 26.9 Å². The molecule has 0 radical (unpaired) electrons. The first kappa shape index (κ1) is 21.7. The highest BCUT2D eigenvalue weighted by Crippen LogP contribution is 2.31. The molecule has 5 rings (SSSR count). The molecule has 1 N–H and O–H groups in total. The third-order valence-corrected chi connectivity index (χ3v) is 5.67. The lowest BCUT2D eigenvalue weighted by Crippen LogP contribution is -2.22. The molecule has 10 heteroatoms. The number of halogens is 1. The van der Waals surface area contributed by atoms with Gasteiger partial charge in [-0.25, -0.2) is 4.98 Å². The Hall–Kier alpha value is -4.11. The third-order valence-electron chi connectivity index (χ3n) is 5.36. The molecule has 0 aliphatic heterocycles. The van der Waals surface area contributed by atoms with Gasteiger partial charge in [-0.15, -0.1) is 0 Å². The Morgan fingerprint density at radius 3 is 2.71 bits per heavy atom. The molecule has 1 aromatic carbocycles. The molecule has 4 aromatic heterocycles. The van der Waals surface area contributed by atoms with Crippen LogP contribution in [0.2, 0.25) is 5.02 Å². The first-order valence-corrected chi connectivity index (χ1v) is 11.0. The second-order valence-corrected chi connectivity index (χ2v) is 8.03. The molecular formula is C24H20ClN7O2. The summed E-state index contributed by atoms with van der Waals surface area (Å²) in [5.74, 6) is 1.34. The molecule has 0 saturated carbocycles. The van der Waals surface area contributed by atoms with Gasteiger partial charge in [0.25, 0.3) is 5.56 Å². The summed E-state index contributed by atoms with van der Waals surface area (Å²) in [4.78, 5) is 30.7. The monoisotopic (exact) mass is 473 g/mol. The van der Waals surface area contributed by atoms with E-state index < -0.39 is 0 Å². The fraction of sp³-hybridized carbons (Fsp3) is 0.167. The van der Waals surface area contributed by atoms with E-state index in [2.05, 4.69) is 30.4 Å². The van der Waals surface area contributed by atoms with Crippen molar-refractivity contribution in [3.63, 3.8) is 0 Å². The minimum Gasteiger partial charge on any atom is -0.350 e. The van der Waals surface area contributed by atoms with Crippen LogP contribution >= 0.6 is 11.6 Å². The average Bonchev–Trinajstić information content (AvgIpc) is 3.29. The van der Waals surface area contributed by atoms with Crippen molar-refractivity contribution in [1.29, 1.82) is 0 Å². The molecule has 0 amide bonds. The van der Waals surface area contributed by atoms with Crippen LogP contribution in [0, 0.1) is 6.92 Å². The van der Waals surface area contributed by atoms with Gasteiger partial charge in [-0.1, -0.05) is 35.0 Å². The van der Waals surface area contributed by atoms with Crippen molar-refractivity contribution in [3.8, 4) is 22.5 Å². The lowest BCUT2D eigenvalue weighted by atomic mass is 10.0. The Morgan fingerprint density at radius 2 is 2.00 bits per heavy atom. The van der Waals surface area contributed by atoms with E-state index in [1.54, 1.807) is 48.3 Å². The predicted octanol–water partition coefficient (Wildman–Crippen LogP) is 4.50. The Bertz CT molecular complexity index is 1550. The summed E-state index contributed by atoms with van der Waals surface area (Å²) in [6, 6.07) is 10.9. The normalized spacial score (nSPS) is 11.1. The highest BCUT2D eigenvalue weighted by Gasteiger charge is 2.16. The molecule has 4 heterocycles. The van der Waals surface area contributed by atoms with Crippen LogP contribution in [0.3, 0.4) is 0 Å². The highest BCUT2D eigenvalue weighted by atomic mass is 35.5. The molecule has 0 aliphatic rings. The Balaban J connectivity index is 1.52. The number of rotatable bonds is 6. The molecule has 34 heavy (non-hydrogen) atoms. The van der Waals surface area contributed by atoms with Crippen molar-refractivity contribution in [2.24, 2.45) is 0 Å². The summed E-state index contributed by atoms with van der Waals surface area (Å²) in [7, 11) is 0. The van der Waals surface area contributed by atoms with Gasteiger partial charge in [-0.3, -0.25) is 14.3 Å². The Labute approximate surface area is 199 Å². The van der Waals surface area contributed by atoms with Crippen LogP contribution < -0.4 is 10.9 Å². The lowest BCUT2D eigenvalue weighted by Gasteiger charge is -2.13. The second kappa shape index (κ2) is 9.03. The first-order valence-electron chi connectivity index (χ1n) is 10.7. The molecule has 170 valence electrons. The standard InChI is InChI=1S/C24H20ClN7O2/c1-3-32-22-17(13-28-24(30-22)27-12-15-5-4-8-26-11-15)9-19(23(32)33)18-7-6-16(10-20(18)25)21-29-14(2)34-31-21/h4-11,13H,3,12H2,1-2H3,(H,27,28,30).